The molecule has 0 spiro atoms. The first kappa shape index (κ1) is 26.6. The highest BCUT2D eigenvalue weighted by atomic mass is 35.5. The van der Waals surface area contributed by atoms with E-state index in [1.54, 1.807) is 20.8 Å². The minimum Gasteiger partial charge on any atom is -0.461 e. The monoisotopic (exact) mass is 509 g/mol. The Balaban J connectivity index is 2.40. The number of hydrogen-bond donors (Lipinski definition) is 0. The van der Waals surface area contributed by atoms with Crippen molar-refractivity contribution in [2.45, 2.75) is 39.5 Å². The molecule has 0 saturated carbocycles. The number of carbonyl (C=O) groups is 1. The molecule has 0 saturated heterocycles. The van der Waals surface area contributed by atoms with Gasteiger partial charge in [-0.1, -0.05) is 18.5 Å². The van der Waals surface area contributed by atoms with Crippen molar-refractivity contribution in [2.24, 2.45) is 0 Å². The molecule has 0 aliphatic carbocycles. The van der Waals surface area contributed by atoms with Crippen LogP contribution in [0.25, 0.3) is 0 Å². The van der Waals surface area contributed by atoms with Gasteiger partial charge in [-0.25, -0.2) is 4.79 Å². The summed E-state index contributed by atoms with van der Waals surface area (Å²) >= 11 is 5.93. The fourth-order valence-corrected chi connectivity index (χ4v) is 3.92. The highest BCUT2D eigenvalue weighted by Gasteiger charge is 2.31. The molecule has 2 rings (SSSR count). The molecule has 180 valence electrons. The maximum Gasteiger partial charge on any atom is 0.416 e. The summed E-state index contributed by atoms with van der Waals surface area (Å²) in [5.41, 5.74) is -1.18. The minimum atomic E-state index is -4.61. The van der Waals surface area contributed by atoms with Gasteiger partial charge < -0.3 is 14.0 Å². The van der Waals surface area contributed by atoms with Gasteiger partial charge in [0.2, 0.25) is 8.03 Å². The third-order valence-corrected chi connectivity index (χ3v) is 5.69. The molecular weight excluding hydrogens is 490 g/mol. The fraction of sp³-hybridized carbons (Fsp3) is 0.350. The Morgan fingerprint density at radius 3 is 2.39 bits per heavy atom. The van der Waals surface area contributed by atoms with E-state index in [4.69, 9.17) is 25.6 Å². The largest absolute Gasteiger partial charge is 0.461 e. The maximum absolute atomic E-state index is 12.9. The number of carbonyl (C=O) groups excluding carboxylic acids is 1. The number of ether oxygens (including phenoxy) is 2. The average molecular weight is 510 g/mol. The quantitative estimate of drug-likeness (QED) is 0.185. The highest BCUT2D eigenvalue weighted by Crippen LogP contribution is 2.39. The van der Waals surface area contributed by atoms with Gasteiger partial charge in [0.1, 0.15) is 16.8 Å². The molecule has 0 radical (unpaired) electrons. The van der Waals surface area contributed by atoms with E-state index in [9.17, 15) is 32.6 Å². The smallest absolute Gasteiger partial charge is 0.416 e. The Bertz CT molecular complexity index is 1080. The van der Waals surface area contributed by atoms with Crippen molar-refractivity contribution in [1.29, 1.82) is 0 Å². The molecule has 1 atom stereocenters. The van der Waals surface area contributed by atoms with Crippen LogP contribution in [-0.4, -0.2) is 23.6 Å². The van der Waals surface area contributed by atoms with E-state index in [0.29, 0.717) is 11.6 Å². The van der Waals surface area contributed by atoms with Crippen LogP contribution in [0.5, 0.6) is 11.5 Å². The van der Waals surface area contributed by atoms with E-state index in [1.807, 2.05) is 0 Å². The molecule has 2 aromatic rings. The van der Waals surface area contributed by atoms with Crippen LogP contribution in [0.2, 0.25) is 5.02 Å². The molecule has 1 unspecified atom stereocenters. The molecule has 2 aromatic carbocycles. The summed E-state index contributed by atoms with van der Waals surface area (Å²) < 4.78 is 66.7. The summed E-state index contributed by atoms with van der Waals surface area (Å²) in [5, 5.41) is 10.8. The number of hydrogen-bond acceptors (Lipinski definition) is 7. The SMILES string of the molecule is CCc1cc([N+](=O)[O-])c([PH](=O)OCC(=O)OC(C)C)cc1Oc1ccc(C(F)(F)F)cc1Cl. The summed E-state index contributed by atoms with van der Waals surface area (Å²) in [6.07, 6.45) is -4.79. The number of benzene rings is 2. The standard InChI is InChI=1S/C20H20ClF3NO7P/c1-4-12-7-15(25(27)28)18(33(29)30-10-19(26)31-11(2)3)9-17(12)32-16-6-5-13(8-14(16)21)20(22,23)24/h5-9,11,33H,4,10H2,1-3H3. The minimum absolute atomic E-state index is 0.00790. The van der Waals surface area contributed by atoms with Gasteiger partial charge >= 0.3 is 12.1 Å². The zero-order valence-corrected chi connectivity index (χ0v) is 19.5. The van der Waals surface area contributed by atoms with E-state index < -0.39 is 49.1 Å². The Morgan fingerprint density at radius 2 is 1.88 bits per heavy atom. The number of nitrogens with zero attached hydrogens (tertiary/aromatic N) is 1. The lowest BCUT2D eigenvalue weighted by Gasteiger charge is -2.15. The van der Waals surface area contributed by atoms with Crippen molar-refractivity contribution in [3.05, 3.63) is 56.6 Å². The van der Waals surface area contributed by atoms with E-state index in [0.717, 1.165) is 24.3 Å². The number of esters is 1. The van der Waals surface area contributed by atoms with Crippen LogP contribution in [0, 0.1) is 10.1 Å². The van der Waals surface area contributed by atoms with Crippen molar-refractivity contribution in [3.8, 4) is 11.5 Å². The number of aryl methyl sites for hydroxylation is 1. The molecule has 0 N–H and O–H groups in total. The second kappa shape index (κ2) is 11.0. The molecule has 0 heterocycles. The Labute approximate surface area is 192 Å². The molecule has 8 nitrogen and oxygen atoms in total. The molecule has 0 aromatic heterocycles. The molecule has 0 aliphatic rings. The molecule has 0 fully saturated rings. The average Bonchev–Trinajstić information content (AvgIpc) is 2.71. The second-order valence-corrected chi connectivity index (χ2v) is 8.76. The first-order chi connectivity index (χ1) is 15.3. The van der Waals surface area contributed by atoms with Crippen molar-refractivity contribution in [1.82, 2.24) is 0 Å². The molecule has 0 amide bonds. The van der Waals surface area contributed by atoms with Crippen LogP contribution in [0.3, 0.4) is 0 Å². The lowest BCUT2D eigenvalue weighted by molar-refractivity contribution is -0.383. The Kier molecular flexibility index (Phi) is 8.88. The summed E-state index contributed by atoms with van der Waals surface area (Å²) in [6.45, 7) is 4.18. The Hall–Kier alpha value is -2.62. The summed E-state index contributed by atoms with van der Waals surface area (Å²) in [7, 11) is -3.30. The van der Waals surface area contributed by atoms with Gasteiger partial charge in [-0.3, -0.25) is 14.7 Å². The number of halogens is 4. The van der Waals surface area contributed by atoms with Crippen LogP contribution in [0.1, 0.15) is 31.9 Å². The van der Waals surface area contributed by atoms with Crippen LogP contribution in [0.15, 0.2) is 30.3 Å². The summed E-state index contributed by atoms with van der Waals surface area (Å²) in [5.74, 6) is -0.948. The van der Waals surface area contributed by atoms with E-state index >= 15 is 0 Å². The maximum atomic E-state index is 12.9. The zero-order valence-electron chi connectivity index (χ0n) is 17.7. The van der Waals surface area contributed by atoms with Gasteiger partial charge in [-0.05, 0) is 38.5 Å². The molecule has 13 heteroatoms. The third kappa shape index (κ3) is 7.18. The predicted molar refractivity (Wildman–Crippen MR) is 115 cm³/mol. The molecule has 0 bridgehead atoms. The van der Waals surface area contributed by atoms with Crippen LogP contribution in [0.4, 0.5) is 18.9 Å². The van der Waals surface area contributed by atoms with Gasteiger partial charge in [-0.15, -0.1) is 0 Å². The number of nitro groups is 1. The van der Waals surface area contributed by atoms with Crippen LogP contribution < -0.4 is 10.0 Å². The number of alkyl halides is 3. The molecule has 0 aliphatic heterocycles. The number of rotatable bonds is 9. The van der Waals surface area contributed by atoms with Gasteiger partial charge in [0.25, 0.3) is 5.69 Å². The van der Waals surface area contributed by atoms with Gasteiger partial charge in [0.05, 0.1) is 21.6 Å². The van der Waals surface area contributed by atoms with Gasteiger partial charge in [0.15, 0.2) is 6.61 Å². The first-order valence-electron chi connectivity index (χ1n) is 9.56. The normalized spacial score (nSPS) is 12.5. The molecule has 33 heavy (non-hydrogen) atoms. The van der Waals surface area contributed by atoms with E-state index in [-0.39, 0.29) is 28.2 Å². The number of nitro benzene ring substituents is 1. The summed E-state index contributed by atoms with van der Waals surface area (Å²) in [6, 6.07) is 4.68. The second-order valence-electron chi connectivity index (χ2n) is 6.95. The predicted octanol–water partition coefficient (Wildman–Crippen LogP) is 5.69. The third-order valence-electron chi connectivity index (χ3n) is 4.14. The Morgan fingerprint density at radius 1 is 1.21 bits per heavy atom. The molecular formula is C20H20ClF3NO7P. The van der Waals surface area contributed by atoms with Crippen LogP contribution >= 0.6 is 19.6 Å². The van der Waals surface area contributed by atoms with Crippen molar-refractivity contribution in [2.75, 3.05) is 6.61 Å². The first-order valence-corrected chi connectivity index (χ1v) is 11.2. The van der Waals surface area contributed by atoms with Gasteiger partial charge in [-0.2, -0.15) is 13.2 Å². The topological polar surface area (TPSA) is 105 Å². The van der Waals surface area contributed by atoms with Crippen molar-refractivity contribution in [3.63, 3.8) is 0 Å². The fourth-order valence-electron chi connectivity index (χ4n) is 2.68. The summed E-state index contributed by atoms with van der Waals surface area (Å²) in [4.78, 5) is 22.4. The van der Waals surface area contributed by atoms with Crippen LogP contribution in [-0.2, 0) is 31.2 Å². The van der Waals surface area contributed by atoms with E-state index in [1.165, 1.54) is 0 Å². The zero-order chi connectivity index (χ0) is 24.9. The van der Waals surface area contributed by atoms with Crippen molar-refractivity contribution < 1.29 is 41.5 Å². The van der Waals surface area contributed by atoms with E-state index in [2.05, 4.69) is 0 Å². The van der Waals surface area contributed by atoms with Crippen molar-refractivity contribution >= 4 is 36.6 Å². The van der Waals surface area contributed by atoms with Gasteiger partial charge in [0, 0.05) is 17.7 Å². The lowest BCUT2D eigenvalue weighted by Crippen LogP contribution is -2.17. The highest BCUT2D eigenvalue weighted by molar-refractivity contribution is 7.48. The lowest BCUT2D eigenvalue weighted by atomic mass is 10.1.